The van der Waals surface area contributed by atoms with Crippen molar-refractivity contribution in [2.45, 2.75) is 20.4 Å². The van der Waals surface area contributed by atoms with E-state index in [1.54, 1.807) is 12.1 Å². The van der Waals surface area contributed by atoms with Gasteiger partial charge in [0.05, 0.1) is 10.2 Å². The molecule has 0 saturated heterocycles. The van der Waals surface area contributed by atoms with Crippen LogP contribution in [0.5, 0.6) is 0 Å². The number of halogens is 1. The fraction of sp³-hybridized carbons (Fsp3) is 0.188. The number of nitrogens with one attached hydrogen (secondary N) is 2. The van der Waals surface area contributed by atoms with E-state index in [9.17, 15) is 9.59 Å². The van der Waals surface area contributed by atoms with E-state index in [4.69, 9.17) is 0 Å². The molecule has 0 fully saturated rings. The molecule has 2 heterocycles. The minimum atomic E-state index is -0.173. The first-order valence-corrected chi connectivity index (χ1v) is 8.92. The quantitative estimate of drug-likeness (QED) is 0.684. The lowest BCUT2D eigenvalue weighted by Gasteiger charge is -2.07. The van der Waals surface area contributed by atoms with Crippen LogP contribution in [-0.4, -0.2) is 21.4 Å². The number of aromatic nitrogens is 2. The Labute approximate surface area is 151 Å². The lowest BCUT2D eigenvalue weighted by Crippen LogP contribution is -2.16. The molecule has 3 rings (SSSR count). The van der Waals surface area contributed by atoms with Crippen LogP contribution in [0.4, 0.5) is 10.8 Å². The first kappa shape index (κ1) is 16.7. The summed E-state index contributed by atoms with van der Waals surface area (Å²) in [6.07, 6.45) is 1.88. The monoisotopic (exact) mass is 406 g/mol. The van der Waals surface area contributed by atoms with Crippen LogP contribution in [0.2, 0.25) is 0 Å². The van der Waals surface area contributed by atoms with Crippen LogP contribution in [0.15, 0.2) is 34.9 Å². The molecule has 6 nitrogen and oxygen atoms in total. The highest BCUT2D eigenvalue weighted by Crippen LogP contribution is 2.28. The van der Waals surface area contributed by atoms with Crippen molar-refractivity contribution in [1.29, 1.82) is 0 Å². The zero-order valence-electron chi connectivity index (χ0n) is 13.1. The van der Waals surface area contributed by atoms with Gasteiger partial charge in [-0.05, 0) is 47.1 Å². The molecule has 0 bridgehead atoms. The molecule has 0 unspecified atom stereocenters. The largest absolute Gasteiger partial charge is 0.343 e. The first-order chi connectivity index (χ1) is 11.5. The number of nitrogens with zero attached hydrogens (tertiary/aromatic N) is 2. The Bertz CT molecular complexity index is 931. The van der Waals surface area contributed by atoms with E-state index in [0.29, 0.717) is 23.1 Å². The van der Waals surface area contributed by atoms with Crippen LogP contribution in [-0.2, 0) is 11.3 Å². The smallest absolute Gasteiger partial charge is 0.272 e. The van der Waals surface area contributed by atoms with Crippen LogP contribution in [0, 0.1) is 0 Å². The third kappa shape index (κ3) is 3.49. The molecule has 0 aliphatic rings. The number of fused-ring (bicyclic) bond motifs is 1. The first-order valence-electron chi connectivity index (χ1n) is 7.31. The number of aryl methyl sites for hydroxylation is 1. The van der Waals surface area contributed by atoms with Gasteiger partial charge in [-0.3, -0.25) is 9.59 Å². The molecule has 124 valence electrons. The summed E-state index contributed by atoms with van der Waals surface area (Å²) in [6.45, 7) is 4.14. The summed E-state index contributed by atoms with van der Waals surface area (Å²) in [5.41, 5.74) is 2.06. The van der Waals surface area contributed by atoms with Crippen molar-refractivity contribution in [1.82, 2.24) is 9.55 Å². The van der Waals surface area contributed by atoms with Gasteiger partial charge in [0.1, 0.15) is 5.69 Å². The Balaban J connectivity index is 1.84. The number of amides is 2. The summed E-state index contributed by atoms with van der Waals surface area (Å²) in [5.74, 6) is -0.331. The van der Waals surface area contributed by atoms with E-state index in [-0.39, 0.29) is 11.8 Å². The molecule has 0 spiro atoms. The van der Waals surface area contributed by atoms with Gasteiger partial charge in [0.25, 0.3) is 5.91 Å². The Morgan fingerprint density at radius 1 is 1.29 bits per heavy atom. The fourth-order valence-corrected chi connectivity index (χ4v) is 3.74. The summed E-state index contributed by atoms with van der Waals surface area (Å²) in [6, 6.07) is 7.26. The number of carbonyl (C=O) groups is 2. The molecular formula is C16H15BrN4O2S. The second-order valence-corrected chi connectivity index (χ2v) is 7.11. The van der Waals surface area contributed by atoms with Gasteiger partial charge in [-0.15, -0.1) is 0 Å². The third-order valence-electron chi connectivity index (χ3n) is 3.37. The van der Waals surface area contributed by atoms with Gasteiger partial charge < -0.3 is 15.2 Å². The maximum atomic E-state index is 12.5. The summed E-state index contributed by atoms with van der Waals surface area (Å²) in [7, 11) is 0. The number of rotatable bonds is 4. The number of hydrogen-bond donors (Lipinski definition) is 2. The third-order valence-corrected chi connectivity index (χ3v) is 4.73. The van der Waals surface area contributed by atoms with E-state index in [0.717, 1.165) is 14.7 Å². The maximum Gasteiger partial charge on any atom is 0.272 e. The minimum Gasteiger partial charge on any atom is -0.343 e. The van der Waals surface area contributed by atoms with Crippen molar-refractivity contribution >= 4 is 60.1 Å². The summed E-state index contributed by atoms with van der Waals surface area (Å²) in [5, 5.41) is 6.12. The normalized spacial score (nSPS) is 10.8. The molecule has 1 aromatic carbocycles. The number of thiazole rings is 1. The Morgan fingerprint density at radius 3 is 2.79 bits per heavy atom. The van der Waals surface area contributed by atoms with Gasteiger partial charge in [-0.25, -0.2) is 4.98 Å². The SMILES string of the molecule is CCn1cc(Br)cc1C(=O)Nc1ccc2nc(NC(C)=O)sc2c1. The van der Waals surface area contributed by atoms with Crippen molar-refractivity contribution < 1.29 is 9.59 Å². The number of carbonyl (C=O) groups excluding carboxylic acids is 2. The van der Waals surface area contributed by atoms with E-state index >= 15 is 0 Å². The van der Waals surface area contributed by atoms with Crippen molar-refractivity contribution in [3.8, 4) is 0 Å². The molecule has 2 N–H and O–H groups in total. The standard InChI is InChI=1S/C16H15BrN4O2S/c1-3-21-8-10(17)6-13(21)15(23)19-11-4-5-12-14(7-11)24-16(20-12)18-9(2)22/h4-8H,3H2,1-2H3,(H,19,23)(H,18,20,22). The molecule has 8 heteroatoms. The molecule has 24 heavy (non-hydrogen) atoms. The fourth-order valence-electron chi connectivity index (χ4n) is 2.33. The topological polar surface area (TPSA) is 76.0 Å². The summed E-state index contributed by atoms with van der Waals surface area (Å²) < 4.78 is 3.63. The van der Waals surface area contributed by atoms with Gasteiger partial charge in [-0.2, -0.15) is 0 Å². The zero-order chi connectivity index (χ0) is 17.3. The minimum absolute atomic E-state index is 0.159. The van der Waals surface area contributed by atoms with Crippen LogP contribution < -0.4 is 10.6 Å². The van der Waals surface area contributed by atoms with Crippen LogP contribution >= 0.6 is 27.3 Å². The molecule has 3 aromatic rings. The second-order valence-electron chi connectivity index (χ2n) is 5.17. The molecule has 2 amide bonds. The van der Waals surface area contributed by atoms with Crippen molar-refractivity contribution in [3.63, 3.8) is 0 Å². The highest BCUT2D eigenvalue weighted by molar-refractivity contribution is 9.10. The van der Waals surface area contributed by atoms with E-state index in [1.165, 1.54) is 18.3 Å². The number of benzene rings is 1. The van der Waals surface area contributed by atoms with Crippen molar-refractivity contribution in [3.05, 3.63) is 40.6 Å². The Morgan fingerprint density at radius 2 is 2.08 bits per heavy atom. The molecule has 0 aliphatic heterocycles. The number of hydrogen-bond acceptors (Lipinski definition) is 4. The average molecular weight is 407 g/mol. The molecule has 0 atom stereocenters. The van der Waals surface area contributed by atoms with Crippen molar-refractivity contribution in [2.24, 2.45) is 0 Å². The van der Waals surface area contributed by atoms with Gasteiger partial charge in [0.15, 0.2) is 5.13 Å². The van der Waals surface area contributed by atoms with E-state index in [2.05, 4.69) is 31.5 Å². The predicted octanol–water partition coefficient (Wildman–Crippen LogP) is 4.09. The number of anilines is 2. The highest BCUT2D eigenvalue weighted by Gasteiger charge is 2.13. The van der Waals surface area contributed by atoms with Gasteiger partial charge >= 0.3 is 0 Å². The van der Waals surface area contributed by atoms with Crippen LogP contribution in [0.3, 0.4) is 0 Å². The Kier molecular flexibility index (Phi) is 4.68. The van der Waals surface area contributed by atoms with Crippen molar-refractivity contribution in [2.75, 3.05) is 10.6 Å². The summed E-state index contributed by atoms with van der Waals surface area (Å²) in [4.78, 5) is 27.9. The lowest BCUT2D eigenvalue weighted by molar-refractivity contribution is -0.114. The second kappa shape index (κ2) is 6.74. The van der Waals surface area contributed by atoms with E-state index < -0.39 is 0 Å². The van der Waals surface area contributed by atoms with Crippen LogP contribution in [0.25, 0.3) is 10.2 Å². The lowest BCUT2D eigenvalue weighted by atomic mass is 10.3. The maximum absolute atomic E-state index is 12.5. The van der Waals surface area contributed by atoms with Gasteiger partial charge in [-0.1, -0.05) is 11.3 Å². The molecular weight excluding hydrogens is 392 g/mol. The highest BCUT2D eigenvalue weighted by atomic mass is 79.9. The van der Waals surface area contributed by atoms with Crippen LogP contribution in [0.1, 0.15) is 24.3 Å². The summed E-state index contributed by atoms with van der Waals surface area (Å²) >= 11 is 4.76. The molecule has 0 aliphatic carbocycles. The van der Waals surface area contributed by atoms with E-state index in [1.807, 2.05) is 29.8 Å². The predicted molar refractivity (Wildman–Crippen MR) is 99.7 cm³/mol. The zero-order valence-corrected chi connectivity index (χ0v) is 15.5. The molecule has 2 aromatic heterocycles. The van der Waals surface area contributed by atoms with Gasteiger partial charge in [0.2, 0.25) is 5.91 Å². The molecule has 0 radical (unpaired) electrons. The average Bonchev–Trinajstić information content (AvgIpc) is 3.08. The van der Waals surface area contributed by atoms with Gasteiger partial charge in [0, 0.05) is 29.8 Å². The Hall–Kier alpha value is -2.19. The molecule has 0 saturated carbocycles.